The van der Waals surface area contributed by atoms with Crippen molar-refractivity contribution in [3.8, 4) is 5.75 Å². The van der Waals surface area contributed by atoms with Crippen LogP contribution in [0, 0.1) is 0 Å². The summed E-state index contributed by atoms with van der Waals surface area (Å²) in [5.74, 6) is -0.112. The van der Waals surface area contributed by atoms with Crippen LogP contribution in [0.1, 0.15) is 10.4 Å². The third-order valence-corrected chi connectivity index (χ3v) is 6.91. The lowest BCUT2D eigenvalue weighted by molar-refractivity contribution is 0.102. The van der Waals surface area contributed by atoms with E-state index in [4.69, 9.17) is 27.9 Å². The molecule has 3 aromatic rings. The lowest BCUT2D eigenvalue weighted by atomic mass is 10.2. The largest absolute Gasteiger partial charge is 0.495 e. The van der Waals surface area contributed by atoms with Gasteiger partial charge in [0, 0.05) is 5.02 Å². The van der Waals surface area contributed by atoms with Gasteiger partial charge in [-0.25, -0.2) is 8.42 Å². The van der Waals surface area contributed by atoms with Crippen molar-refractivity contribution in [1.29, 1.82) is 0 Å². The first-order valence-corrected chi connectivity index (χ1v) is 11.6. The summed E-state index contributed by atoms with van der Waals surface area (Å²) in [6, 6.07) is 17.2. The molecule has 0 aromatic heterocycles. The SMILES string of the molecule is C=CCN(c1ccc(Cl)cc1)S(=O)(=O)c1ccc(Cl)c(C(=O)Nc2ccccc2OC)c1. The second-order valence-corrected chi connectivity index (χ2v) is 9.30. The molecule has 3 aromatic carbocycles. The molecule has 9 heteroatoms. The molecule has 32 heavy (non-hydrogen) atoms. The van der Waals surface area contributed by atoms with Crippen molar-refractivity contribution in [2.24, 2.45) is 0 Å². The van der Waals surface area contributed by atoms with Crippen molar-refractivity contribution < 1.29 is 17.9 Å². The van der Waals surface area contributed by atoms with Crippen LogP contribution in [-0.4, -0.2) is 28.0 Å². The van der Waals surface area contributed by atoms with Crippen molar-refractivity contribution in [2.45, 2.75) is 4.90 Å². The molecule has 0 atom stereocenters. The number of benzene rings is 3. The van der Waals surface area contributed by atoms with E-state index >= 15 is 0 Å². The third-order valence-electron chi connectivity index (χ3n) is 4.54. The molecule has 0 aliphatic heterocycles. The number of hydrogen-bond acceptors (Lipinski definition) is 4. The molecule has 0 spiro atoms. The maximum absolute atomic E-state index is 13.4. The third kappa shape index (κ3) is 5.07. The van der Waals surface area contributed by atoms with Crippen LogP contribution in [-0.2, 0) is 10.0 Å². The van der Waals surface area contributed by atoms with Gasteiger partial charge in [-0.05, 0) is 54.6 Å². The number of nitrogens with zero attached hydrogens (tertiary/aromatic N) is 1. The highest BCUT2D eigenvalue weighted by molar-refractivity contribution is 7.92. The van der Waals surface area contributed by atoms with E-state index in [1.54, 1.807) is 48.5 Å². The van der Waals surface area contributed by atoms with Crippen LogP contribution in [0.4, 0.5) is 11.4 Å². The fraction of sp³-hybridized carbons (Fsp3) is 0.0870. The van der Waals surface area contributed by atoms with Crippen LogP contribution in [0.25, 0.3) is 0 Å². The quantitative estimate of drug-likeness (QED) is 0.414. The van der Waals surface area contributed by atoms with E-state index in [-0.39, 0.29) is 22.0 Å². The highest BCUT2D eigenvalue weighted by Gasteiger charge is 2.26. The Balaban J connectivity index is 1.99. The first-order valence-electron chi connectivity index (χ1n) is 9.41. The van der Waals surface area contributed by atoms with Gasteiger partial charge in [0.1, 0.15) is 5.75 Å². The van der Waals surface area contributed by atoms with E-state index < -0.39 is 15.9 Å². The van der Waals surface area contributed by atoms with Gasteiger partial charge in [-0.1, -0.05) is 41.4 Å². The Kier molecular flexibility index (Phi) is 7.45. The minimum atomic E-state index is -4.03. The number of amides is 1. The Morgan fingerprint density at radius 3 is 2.44 bits per heavy atom. The average Bonchev–Trinajstić information content (AvgIpc) is 2.78. The van der Waals surface area contributed by atoms with E-state index in [1.165, 1.54) is 35.7 Å². The Labute approximate surface area is 197 Å². The van der Waals surface area contributed by atoms with Gasteiger partial charge < -0.3 is 10.1 Å². The Morgan fingerprint density at radius 2 is 1.78 bits per heavy atom. The second kappa shape index (κ2) is 10.1. The van der Waals surface area contributed by atoms with Gasteiger partial charge in [0.2, 0.25) is 0 Å². The van der Waals surface area contributed by atoms with Gasteiger partial charge in [0.15, 0.2) is 0 Å². The molecular formula is C23H20Cl2N2O4S. The fourth-order valence-corrected chi connectivity index (χ4v) is 4.76. The van der Waals surface area contributed by atoms with E-state index in [0.717, 1.165) is 0 Å². The standard InChI is InChI=1S/C23H20Cl2N2O4S/c1-3-14-27(17-10-8-16(24)9-11-17)32(29,30)18-12-13-20(25)19(15-18)23(28)26-21-6-4-5-7-22(21)31-2/h3-13,15H,1,14H2,2H3,(H,26,28). The molecule has 6 nitrogen and oxygen atoms in total. The Bertz CT molecular complexity index is 1250. The fourth-order valence-electron chi connectivity index (χ4n) is 2.97. The Hall–Kier alpha value is -3.00. The predicted octanol–water partition coefficient (Wildman–Crippen LogP) is 5.64. The molecule has 0 saturated carbocycles. The molecule has 1 amide bonds. The summed E-state index contributed by atoms with van der Waals surface area (Å²) in [6.07, 6.45) is 1.47. The molecular weight excluding hydrogens is 471 g/mol. The number of rotatable bonds is 8. The van der Waals surface area contributed by atoms with E-state index in [2.05, 4.69) is 11.9 Å². The zero-order valence-corrected chi connectivity index (χ0v) is 19.4. The summed E-state index contributed by atoms with van der Waals surface area (Å²) in [6.45, 7) is 3.67. The van der Waals surface area contributed by atoms with Crippen molar-refractivity contribution >= 4 is 50.5 Å². The van der Waals surface area contributed by atoms with Crippen molar-refractivity contribution in [3.63, 3.8) is 0 Å². The molecule has 3 rings (SSSR count). The zero-order chi connectivity index (χ0) is 23.3. The van der Waals surface area contributed by atoms with Gasteiger partial charge in [-0.2, -0.15) is 0 Å². The van der Waals surface area contributed by atoms with Crippen LogP contribution < -0.4 is 14.4 Å². The maximum atomic E-state index is 13.4. The lowest BCUT2D eigenvalue weighted by Crippen LogP contribution is -2.31. The van der Waals surface area contributed by atoms with E-state index in [0.29, 0.717) is 22.1 Å². The minimum absolute atomic E-state index is 0.00769. The number of para-hydroxylation sites is 2. The number of sulfonamides is 1. The number of carbonyl (C=O) groups excluding carboxylic acids is 1. The normalized spacial score (nSPS) is 11.0. The van der Waals surface area contributed by atoms with E-state index in [9.17, 15) is 13.2 Å². The first kappa shape index (κ1) is 23.7. The van der Waals surface area contributed by atoms with Crippen LogP contribution in [0.2, 0.25) is 10.0 Å². The Morgan fingerprint density at radius 1 is 1.09 bits per heavy atom. The van der Waals surface area contributed by atoms with E-state index in [1.807, 2.05) is 0 Å². The van der Waals surface area contributed by atoms with Crippen molar-refractivity contribution in [3.05, 3.63) is 95.0 Å². The molecule has 0 aliphatic rings. The van der Waals surface area contributed by atoms with Crippen LogP contribution in [0.3, 0.4) is 0 Å². The number of methoxy groups -OCH3 is 1. The summed E-state index contributed by atoms with van der Waals surface area (Å²) in [7, 11) is -2.55. The molecule has 0 aliphatic carbocycles. The van der Waals surface area contributed by atoms with Crippen LogP contribution in [0.5, 0.6) is 5.75 Å². The zero-order valence-electron chi connectivity index (χ0n) is 17.1. The molecule has 0 radical (unpaired) electrons. The lowest BCUT2D eigenvalue weighted by Gasteiger charge is -2.23. The summed E-state index contributed by atoms with van der Waals surface area (Å²) in [4.78, 5) is 12.8. The first-order chi connectivity index (χ1) is 15.3. The van der Waals surface area contributed by atoms with Crippen LogP contribution in [0.15, 0.2) is 84.3 Å². The van der Waals surface area contributed by atoms with Gasteiger partial charge in [0.25, 0.3) is 15.9 Å². The van der Waals surface area contributed by atoms with Crippen molar-refractivity contribution in [2.75, 3.05) is 23.3 Å². The topological polar surface area (TPSA) is 75.7 Å². The summed E-state index contributed by atoms with van der Waals surface area (Å²) < 4.78 is 33.2. The van der Waals surface area contributed by atoms with Gasteiger partial charge in [-0.15, -0.1) is 6.58 Å². The molecule has 0 saturated heterocycles. The van der Waals surface area contributed by atoms with Gasteiger partial charge in [0.05, 0.1) is 40.5 Å². The predicted molar refractivity (Wildman–Crippen MR) is 129 cm³/mol. The molecule has 0 unspecified atom stereocenters. The van der Waals surface area contributed by atoms with Crippen molar-refractivity contribution in [1.82, 2.24) is 0 Å². The number of halogens is 2. The molecule has 0 heterocycles. The number of hydrogen-bond donors (Lipinski definition) is 1. The monoisotopic (exact) mass is 490 g/mol. The summed E-state index contributed by atoms with van der Waals surface area (Å²) >= 11 is 12.2. The molecule has 0 fully saturated rings. The summed E-state index contributed by atoms with van der Waals surface area (Å²) in [5.41, 5.74) is 0.844. The maximum Gasteiger partial charge on any atom is 0.264 e. The number of carbonyl (C=O) groups is 1. The van der Waals surface area contributed by atoms with Crippen LogP contribution >= 0.6 is 23.2 Å². The number of nitrogens with one attached hydrogen (secondary N) is 1. The minimum Gasteiger partial charge on any atom is -0.495 e. The number of anilines is 2. The van der Waals surface area contributed by atoms with Gasteiger partial charge in [-0.3, -0.25) is 9.10 Å². The molecule has 1 N–H and O–H groups in total. The second-order valence-electron chi connectivity index (χ2n) is 6.60. The smallest absolute Gasteiger partial charge is 0.264 e. The average molecular weight is 491 g/mol. The number of ether oxygens (including phenoxy) is 1. The summed E-state index contributed by atoms with van der Waals surface area (Å²) in [5, 5.41) is 3.29. The molecule has 166 valence electrons. The molecule has 0 bridgehead atoms. The highest BCUT2D eigenvalue weighted by Crippen LogP contribution is 2.29. The highest BCUT2D eigenvalue weighted by atomic mass is 35.5. The van der Waals surface area contributed by atoms with Gasteiger partial charge >= 0.3 is 0 Å².